The predicted octanol–water partition coefficient (Wildman–Crippen LogP) is 3.24. The molecule has 1 aliphatic rings. The van der Waals surface area contributed by atoms with E-state index in [0.717, 1.165) is 30.9 Å². The lowest BCUT2D eigenvalue weighted by molar-refractivity contribution is 0.0425. The zero-order valence-electron chi connectivity index (χ0n) is 12.2. The number of benzene rings is 1. The van der Waals surface area contributed by atoms with Crippen molar-refractivity contribution in [2.24, 2.45) is 5.92 Å². The summed E-state index contributed by atoms with van der Waals surface area (Å²) in [6.07, 6.45) is 2.42. The first kappa shape index (κ1) is 14.2. The summed E-state index contributed by atoms with van der Waals surface area (Å²) in [5.74, 6) is 2.35. The fourth-order valence-electron chi connectivity index (χ4n) is 2.85. The van der Waals surface area contributed by atoms with Gasteiger partial charge < -0.3 is 14.8 Å². The zero-order chi connectivity index (χ0) is 13.7. The van der Waals surface area contributed by atoms with Gasteiger partial charge in [-0.05, 0) is 24.6 Å². The fourth-order valence-corrected chi connectivity index (χ4v) is 2.85. The van der Waals surface area contributed by atoms with Gasteiger partial charge in [0.15, 0.2) is 11.5 Å². The van der Waals surface area contributed by atoms with Crippen LogP contribution in [0.1, 0.15) is 33.6 Å². The van der Waals surface area contributed by atoms with Crippen molar-refractivity contribution < 1.29 is 9.47 Å². The molecule has 0 spiro atoms. The number of nitrogens with one attached hydrogen (secondary N) is 1. The van der Waals surface area contributed by atoms with Crippen LogP contribution < -0.4 is 14.8 Å². The van der Waals surface area contributed by atoms with Crippen LogP contribution in [0, 0.1) is 5.92 Å². The first-order valence-corrected chi connectivity index (χ1v) is 7.41. The van der Waals surface area contributed by atoms with Crippen LogP contribution in [0.3, 0.4) is 0 Å². The fraction of sp³-hybridized carbons (Fsp3) is 0.625. The van der Waals surface area contributed by atoms with Crippen LogP contribution in [-0.2, 0) is 0 Å². The normalized spacial score (nSPS) is 19.5. The Kier molecular flexibility index (Phi) is 5.08. The molecule has 2 atom stereocenters. The minimum atomic E-state index is 0.0970. The van der Waals surface area contributed by atoms with E-state index in [1.165, 1.54) is 0 Å². The first-order chi connectivity index (χ1) is 9.30. The highest BCUT2D eigenvalue weighted by Gasteiger charge is 2.32. The number of fused-ring (bicyclic) bond motifs is 1. The highest BCUT2D eigenvalue weighted by Crippen LogP contribution is 2.33. The van der Waals surface area contributed by atoms with Crippen molar-refractivity contribution in [3.05, 3.63) is 24.3 Å². The molecular weight excluding hydrogens is 238 g/mol. The van der Waals surface area contributed by atoms with Gasteiger partial charge in [0.05, 0.1) is 6.04 Å². The summed E-state index contributed by atoms with van der Waals surface area (Å²) in [5, 5.41) is 3.58. The van der Waals surface area contributed by atoms with E-state index >= 15 is 0 Å². The van der Waals surface area contributed by atoms with Crippen molar-refractivity contribution in [1.82, 2.24) is 5.32 Å². The van der Waals surface area contributed by atoms with Gasteiger partial charge in [0.25, 0.3) is 0 Å². The van der Waals surface area contributed by atoms with E-state index in [4.69, 9.17) is 9.47 Å². The topological polar surface area (TPSA) is 30.5 Å². The third-order valence-corrected chi connectivity index (χ3v) is 3.93. The lowest BCUT2D eigenvalue weighted by Gasteiger charge is -2.36. The van der Waals surface area contributed by atoms with Crippen LogP contribution in [-0.4, -0.2) is 25.3 Å². The van der Waals surface area contributed by atoms with E-state index < -0.39 is 0 Å². The van der Waals surface area contributed by atoms with E-state index in [9.17, 15) is 0 Å². The molecule has 106 valence electrons. The van der Waals surface area contributed by atoms with Gasteiger partial charge in [-0.2, -0.15) is 0 Å². The largest absolute Gasteiger partial charge is 0.486 e. The van der Waals surface area contributed by atoms with Crippen molar-refractivity contribution in [3.8, 4) is 11.5 Å². The number of ether oxygens (including phenoxy) is 2. The van der Waals surface area contributed by atoms with Gasteiger partial charge in [0.2, 0.25) is 0 Å². The summed E-state index contributed by atoms with van der Waals surface area (Å²) in [4.78, 5) is 0. The van der Waals surface area contributed by atoms with E-state index in [-0.39, 0.29) is 6.10 Å². The molecule has 0 saturated heterocycles. The molecule has 3 nitrogen and oxygen atoms in total. The Morgan fingerprint density at radius 1 is 1.16 bits per heavy atom. The highest BCUT2D eigenvalue weighted by atomic mass is 16.6. The van der Waals surface area contributed by atoms with Crippen molar-refractivity contribution in [2.45, 2.75) is 45.8 Å². The molecule has 1 aliphatic heterocycles. The lowest BCUT2D eigenvalue weighted by Crippen LogP contribution is -2.51. The Morgan fingerprint density at radius 2 is 1.84 bits per heavy atom. The Morgan fingerprint density at radius 3 is 2.47 bits per heavy atom. The summed E-state index contributed by atoms with van der Waals surface area (Å²) < 4.78 is 12.0. The van der Waals surface area contributed by atoms with Crippen LogP contribution in [0.5, 0.6) is 11.5 Å². The Bertz CT molecular complexity index is 390. The molecule has 0 saturated carbocycles. The molecule has 0 fully saturated rings. The van der Waals surface area contributed by atoms with Crippen LogP contribution in [0.25, 0.3) is 0 Å². The minimum Gasteiger partial charge on any atom is -0.486 e. The summed E-state index contributed by atoms with van der Waals surface area (Å²) in [5.41, 5.74) is 0. The third kappa shape index (κ3) is 3.21. The molecule has 0 amide bonds. The van der Waals surface area contributed by atoms with Gasteiger partial charge in [-0.3, -0.25) is 0 Å². The quantitative estimate of drug-likeness (QED) is 0.854. The molecule has 3 heteroatoms. The molecule has 1 aromatic carbocycles. The molecule has 0 aromatic heterocycles. The molecule has 1 heterocycles. The van der Waals surface area contributed by atoms with E-state index in [1.807, 2.05) is 24.3 Å². The molecule has 0 bridgehead atoms. The standard InChI is InChI=1S/C16H25NO2/c1-4-12(5-2)16(17-6-3)15-11-18-13-9-7-8-10-14(13)19-15/h7-10,12,15-17H,4-6,11H2,1-3H3. The van der Waals surface area contributed by atoms with Crippen LogP contribution >= 0.6 is 0 Å². The second-order valence-corrected chi connectivity index (χ2v) is 5.07. The van der Waals surface area contributed by atoms with Crippen molar-refractivity contribution in [1.29, 1.82) is 0 Å². The van der Waals surface area contributed by atoms with Crippen LogP contribution in [0.15, 0.2) is 24.3 Å². The summed E-state index contributed by atoms with van der Waals surface area (Å²) in [6, 6.07) is 8.27. The average molecular weight is 263 g/mol. The molecular formula is C16H25NO2. The maximum absolute atomic E-state index is 6.14. The predicted molar refractivity (Wildman–Crippen MR) is 77.9 cm³/mol. The van der Waals surface area contributed by atoms with Crippen LogP contribution in [0.2, 0.25) is 0 Å². The second kappa shape index (κ2) is 6.80. The number of rotatable bonds is 6. The average Bonchev–Trinajstić information content (AvgIpc) is 2.47. The SMILES string of the molecule is CCNC(C(CC)CC)C1COc2ccccc2O1. The maximum Gasteiger partial charge on any atom is 0.161 e. The van der Waals surface area contributed by atoms with Gasteiger partial charge in [0.1, 0.15) is 12.7 Å². The molecule has 1 N–H and O–H groups in total. The number of hydrogen-bond donors (Lipinski definition) is 1. The molecule has 2 unspecified atom stereocenters. The Labute approximate surface area is 116 Å². The van der Waals surface area contributed by atoms with Gasteiger partial charge in [-0.15, -0.1) is 0 Å². The smallest absolute Gasteiger partial charge is 0.161 e. The molecule has 19 heavy (non-hydrogen) atoms. The lowest BCUT2D eigenvalue weighted by atomic mass is 9.90. The Hall–Kier alpha value is -1.22. The number of likely N-dealkylation sites (N-methyl/N-ethyl adjacent to an activating group) is 1. The summed E-state index contributed by atoms with van der Waals surface area (Å²) in [6.45, 7) is 8.23. The van der Waals surface area contributed by atoms with E-state index in [1.54, 1.807) is 0 Å². The molecule has 0 aliphatic carbocycles. The molecule has 1 aromatic rings. The highest BCUT2D eigenvalue weighted by molar-refractivity contribution is 5.40. The van der Waals surface area contributed by atoms with Gasteiger partial charge in [0, 0.05) is 0 Å². The number of para-hydroxylation sites is 2. The van der Waals surface area contributed by atoms with Gasteiger partial charge >= 0.3 is 0 Å². The number of hydrogen-bond acceptors (Lipinski definition) is 3. The first-order valence-electron chi connectivity index (χ1n) is 7.41. The van der Waals surface area contributed by atoms with E-state index in [2.05, 4.69) is 26.1 Å². The third-order valence-electron chi connectivity index (χ3n) is 3.93. The van der Waals surface area contributed by atoms with Crippen molar-refractivity contribution >= 4 is 0 Å². The molecule has 0 radical (unpaired) electrons. The Balaban J connectivity index is 2.11. The van der Waals surface area contributed by atoms with Gasteiger partial charge in [-0.25, -0.2) is 0 Å². The van der Waals surface area contributed by atoms with Crippen LogP contribution in [0.4, 0.5) is 0 Å². The maximum atomic E-state index is 6.14. The van der Waals surface area contributed by atoms with Gasteiger partial charge in [-0.1, -0.05) is 45.7 Å². The minimum absolute atomic E-state index is 0.0970. The van der Waals surface area contributed by atoms with E-state index in [0.29, 0.717) is 18.6 Å². The second-order valence-electron chi connectivity index (χ2n) is 5.07. The van der Waals surface area contributed by atoms with Crippen molar-refractivity contribution in [3.63, 3.8) is 0 Å². The monoisotopic (exact) mass is 263 g/mol. The zero-order valence-corrected chi connectivity index (χ0v) is 12.2. The molecule has 2 rings (SSSR count). The van der Waals surface area contributed by atoms with Crippen molar-refractivity contribution in [2.75, 3.05) is 13.2 Å². The summed E-state index contributed by atoms with van der Waals surface area (Å²) >= 11 is 0. The summed E-state index contributed by atoms with van der Waals surface area (Å²) in [7, 11) is 0.